The number of azide groups is 1. The molecule has 0 bridgehead atoms. The maximum atomic E-state index is 11.3. The normalized spacial score (nSPS) is 34.0. The summed E-state index contributed by atoms with van der Waals surface area (Å²) in [6.45, 7) is 0.0861. The van der Waals surface area contributed by atoms with Crippen LogP contribution in [-0.4, -0.2) is 48.3 Å². The van der Waals surface area contributed by atoms with Crippen molar-refractivity contribution in [3.05, 3.63) is 76.2 Å². The highest BCUT2D eigenvalue weighted by Gasteiger charge is 2.56. The third-order valence-electron chi connectivity index (χ3n) is 5.20. The lowest BCUT2D eigenvalue weighted by atomic mass is 9.86. The van der Waals surface area contributed by atoms with E-state index in [1.807, 2.05) is 30.3 Å². The van der Waals surface area contributed by atoms with Gasteiger partial charge in [-0.15, -0.1) is 0 Å². The molecule has 2 aliphatic rings. The summed E-state index contributed by atoms with van der Waals surface area (Å²) in [5.74, 6) is -1.47. The second-order valence-electron chi connectivity index (χ2n) is 6.90. The van der Waals surface area contributed by atoms with Crippen LogP contribution in [0.15, 0.2) is 59.7 Å². The SMILES string of the molecule is COc1ccc([C@]2(O)O[C@@H]3COC(c4ccccc4)O[C@H]3[C@H](O)[C@H]2N=[N+]=[N-])cc1. The van der Waals surface area contributed by atoms with Gasteiger partial charge in [0.15, 0.2) is 6.29 Å². The molecule has 2 N–H and O–H groups in total. The van der Waals surface area contributed by atoms with Crippen LogP contribution in [0, 0.1) is 0 Å². The van der Waals surface area contributed by atoms with Crippen molar-refractivity contribution in [1.82, 2.24) is 0 Å². The molecule has 2 aromatic carbocycles. The van der Waals surface area contributed by atoms with Crippen LogP contribution < -0.4 is 4.74 Å². The molecule has 6 atom stereocenters. The molecule has 0 aromatic heterocycles. The second kappa shape index (κ2) is 8.00. The van der Waals surface area contributed by atoms with Crippen LogP contribution >= 0.6 is 0 Å². The van der Waals surface area contributed by atoms with Gasteiger partial charge in [-0.05, 0) is 29.8 Å². The summed E-state index contributed by atoms with van der Waals surface area (Å²) in [5.41, 5.74) is 10.1. The van der Waals surface area contributed by atoms with Gasteiger partial charge in [0.25, 0.3) is 0 Å². The Balaban J connectivity index is 1.64. The quantitative estimate of drug-likeness (QED) is 0.462. The van der Waals surface area contributed by atoms with Crippen molar-refractivity contribution in [2.75, 3.05) is 13.7 Å². The first kappa shape index (κ1) is 19.7. The standard InChI is InChI=1S/C20H21N3O6/c1-26-14-9-7-13(8-10-14)20(25)18(22-23-21)16(24)17-15(29-20)11-27-19(28-17)12-5-3-2-4-6-12/h2-10,15-19,24-25H,11H2,1H3/t15-,16+,17-,18-,19?,20+/m1/s1. The number of methoxy groups -OCH3 is 1. The van der Waals surface area contributed by atoms with Crippen molar-refractivity contribution in [1.29, 1.82) is 0 Å². The van der Waals surface area contributed by atoms with Gasteiger partial charge in [0.05, 0.1) is 19.8 Å². The number of hydrogen-bond donors (Lipinski definition) is 2. The van der Waals surface area contributed by atoms with Crippen LogP contribution in [0.2, 0.25) is 0 Å². The average molecular weight is 399 g/mol. The van der Waals surface area contributed by atoms with E-state index in [1.54, 1.807) is 24.3 Å². The van der Waals surface area contributed by atoms with Gasteiger partial charge in [0.1, 0.15) is 24.0 Å². The van der Waals surface area contributed by atoms with Gasteiger partial charge in [0, 0.05) is 16.0 Å². The van der Waals surface area contributed by atoms with Crippen molar-refractivity contribution in [2.45, 2.75) is 36.4 Å². The summed E-state index contributed by atoms with van der Waals surface area (Å²) in [5, 5.41) is 25.9. The highest BCUT2D eigenvalue weighted by atomic mass is 16.7. The largest absolute Gasteiger partial charge is 0.497 e. The smallest absolute Gasteiger partial charge is 0.204 e. The number of nitrogens with zero attached hydrogens (tertiary/aromatic N) is 3. The molecule has 0 aliphatic carbocycles. The molecule has 4 rings (SSSR count). The lowest BCUT2D eigenvalue weighted by Crippen LogP contribution is -2.65. The summed E-state index contributed by atoms with van der Waals surface area (Å²) in [6, 6.07) is 14.4. The maximum absolute atomic E-state index is 11.3. The number of ether oxygens (including phenoxy) is 4. The van der Waals surface area contributed by atoms with Crippen LogP contribution in [0.3, 0.4) is 0 Å². The minimum atomic E-state index is -2.05. The van der Waals surface area contributed by atoms with E-state index in [9.17, 15) is 10.2 Å². The van der Waals surface area contributed by atoms with Gasteiger partial charge in [-0.3, -0.25) is 0 Å². The van der Waals surface area contributed by atoms with Crippen molar-refractivity contribution in [2.24, 2.45) is 5.11 Å². The Morgan fingerprint density at radius 1 is 1.17 bits per heavy atom. The van der Waals surface area contributed by atoms with Crippen LogP contribution in [0.5, 0.6) is 5.75 Å². The predicted octanol–water partition coefficient (Wildman–Crippen LogP) is 2.39. The molecule has 0 amide bonds. The van der Waals surface area contributed by atoms with E-state index in [0.29, 0.717) is 11.3 Å². The Morgan fingerprint density at radius 2 is 1.90 bits per heavy atom. The molecule has 9 heteroatoms. The van der Waals surface area contributed by atoms with Gasteiger partial charge < -0.3 is 29.2 Å². The molecule has 2 aromatic rings. The zero-order valence-corrected chi connectivity index (χ0v) is 15.7. The lowest BCUT2D eigenvalue weighted by Gasteiger charge is -2.50. The first-order valence-electron chi connectivity index (χ1n) is 9.16. The molecule has 9 nitrogen and oxygen atoms in total. The minimum absolute atomic E-state index is 0.0861. The molecule has 0 spiro atoms. The number of rotatable bonds is 4. The van der Waals surface area contributed by atoms with E-state index in [0.717, 1.165) is 5.56 Å². The molecule has 1 unspecified atom stereocenters. The third-order valence-corrected chi connectivity index (χ3v) is 5.20. The molecule has 29 heavy (non-hydrogen) atoms. The zero-order chi connectivity index (χ0) is 20.4. The van der Waals surface area contributed by atoms with E-state index in [-0.39, 0.29) is 6.61 Å². The molecule has 2 aliphatic heterocycles. The topological polar surface area (TPSA) is 126 Å². The summed E-state index contributed by atoms with van der Waals surface area (Å²) in [7, 11) is 1.53. The fraction of sp³-hybridized carbons (Fsp3) is 0.400. The van der Waals surface area contributed by atoms with E-state index < -0.39 is 36.4 Å². The first-order chi connectivity index (χ1) is 14.1. The summed E-state index contributed by atoms with van der Waals surface area (Å²) < 4.78 is 22.7. The Morgan fingerprint density at radius 3 is 2.55 bits per heavy atom. The Bertz CT molecular complexity index is 889. The van der Waals surface area contributed by atoms with Gasteiger partial charge >= 0.3 is 0 Å². The van der Waals surface area contributed by atoms with Gasteiger partial charge in [-0.1, -0.05) is 35.4 Å². The Hall–Kier alpha value is -2.65. The Kier molecular flexibility index (Phi) is 5.42. The molecule has 0 saturated carbocycles. The number of benzene rings is 2. The molecule has 2 saturated heterocycles. The summed E-state index contributed by atoms with van der Waals surface area (Å²) in [6.07, 6.45) is -3.62. The fourth-order valence-electron chi connectivity index (χ4n) is 3.72. The molecular weight excluding hydrogens is 378 g/mol. The number of aliphatic hydroxyl groups excluding tert-OH is 1. The molecule has 0 radical (unpaired) electrons. The summed E-state index contributed by atoms with van der Waals surface area (Å²) in [4.78, 5) is 2.79. The van der Waals surface area contributed by atoms with E-state index in [4.69, 9.17) is 24.5 Å². The predicted molar refractivity (Wildman–Crippen MR) is 101 cm³/mol. The number of aliphatic hydroxyl groups is 2. The van der Waals surface area contributed by atoms with Crippen LogP contribution in [0.4, 0.5) is 0 Å². The molecule has 2 heterocycles. The van der Waals surface area contributed by atoms with Crippen molar-refractivity contribution in [3.63, 3.8) is 0 Å². The fourth-order valence-corrected chi connectivity index (χ4v) is 3.72. The second-order valence-corrected chi connectivity index (χ2v) is 6.90. The highest BCUT2D eigenvalue weighted by Crippen LogP contribution is 2.43. The van der Waals surface area contributed by atoms with Crippen molar-refractivity contribution < 1.29 is 29.2 Å². The van der Waals surface area contributed by atoms with Crippen LogP contribution in [-0.2, 0) is 20.0 Å². The zero-order valence-electron chi connectivity index (χ0n) is 15.7. The van der Waals surface area contributed by atoms with Gasteiger partial charge in [0.2, 0.25) is 5.79 Å². The monoisotopic (exact) mass is 399 g/mol. The van der Waals surface area contributed by atoms with Crippen molar-refractivity contribution >= 4 is 0 Å². The molecule has 152 valence electrons. The minimum Gasteiger partial charge on any atom is -0.497 e. The average Bonchev–Trinajstić information content (AvgIpc) is 2.77. The lowest BCUT2D eigenvalue weighted by molar-refractivity contribution is -0.375. The maximum Gasteiger partial charge on any atom is 0.204 e. The Labute approximate surface area is 167 Å². The van der Waals surface area contributed by atoms with Crippen LogP contribution in [0.25, 0.3) is 10.4 Å². The van der Waals surface area contributed by atoms with E-state index >= 15 is 0 Å². The molecular formula is C20H21N3O6. The highest BCUT2D eigenvalue weighted by molar-refractivity contribution is 5.32. The number of fused-ring (bicyclic) bond motifs is 1. The first-order valence-corrected chi connectivity index (χ1v) is 9.16. The summed E-state index contributed by atoms with van der Waals surface area (Å²) >= 11 is 0. The van der Waals surface area contributed by atoms with E-state index in [1.165, 1.54) is 7.11 Å². The third kappa shape index (κ3) is 3.56. The van der Waals surface area contributed by atoms with Gasteiger partial charge in [-0.25, -0.2) is 0 Å². The molecule has 2 fully saturated rings. The van der Waals surface area contributed by atoms with Crippen molar-refractivity contribution in [3.8, 4) is 5.75 Å². The van der Waals surface area contributed by atoms with Crippen LogP contribution in [0.1, 0.15) is 17.4 Å². The number of hydrogen-bond acceptors (Lipinski definition) is 7. The van der Waals surface area contributed by atoms with Gasteiger partial charge in [-0.2, -0.15) is 0 Å². The van der Waals surface area contributed by atoms with E-state index in [2.05, 4.69) is 10.0 Å².